The largest absolute Gasteiger partial charge is 0.311 e. The normalized spacial score (nSPS) is 21.0. The van der Waals surface area contributed by atoms with Crippen molar-refractivity contribution in [1.82, 2.24) is 10.2 Å². The number of likely N-dealkylation sites (tertiary alicyclic amines) is 1. The molecule has 1 aliphatic rings. The molecule has 0 saturated carbocycles. The fourth-order valence-corrected chi connectivity index (χ4v) is 2.73. The minimum atomic E-state index is 0.735. The molecule has 1 aromatic rings. The third kappa shape index (κ3) is 3.08. The lowest BCUT2D eigenvalue weighted by Crippen LogP contribution is -2.35. The van der Waals surface area contributed by atoms with E-state index in [1.54, 1.807) is 0 Å². The zero-order valence-electron chi connectivity index (χ0n) is 11.3. The Kier molecular flexibility index (Phi) is 4.19. The van der Waals surface area contributed by atoms with Gasteiger partial charge in [-0.05, 0) is 57.0 Å². The van der Waals surface area contributed by atoms with Gasteiger partial charge in [0.05, 0.1) is 0 Å². The van der Waals surface area contributed by atoms with Crippen LogP contribution in [0.3, 0.4) is 0 Å². The van der Waals surface area contributed by atoms with Crippen molar-refractivity contribution in [2.24, 2.45) is 0 Å². The molecule has 17 heavy (non-hydrogen) atoms. The fraction of sp³-hybridized carbons (Fsp3) is 0.600. The fourth-order valence-electron chi connectivity index (χ4n) is 2.73. The Hall–Kier alpha value is -0.860. The Balaban J connectivity index is 1.86. The molecule has 1 aromatic carbocycles. The Labute approximate surface area is 105 Å². The first-order valence-corrected chi connectivity index (χ1v) is 6.64. The predicted octanol–water partition coefficient (Wildman–Crippen LogP) is 2.49. The van der Waals surface area contributed by atoms with Crippen molar-refractivity contribution in [2.75, 3.05) is 20.1 Å². The number of benzene rings is 1. The van der Waals surface area contributed by atoms with Gasteiger partial charge < -0.3 is 10.2 Å². The van der Waals surface area contributed by atoms with Gasteiger partial charge in [0.1, 0.15) is 0 Å². The summed E-state index contributed by atoms with van der Waals surface area (Å²) in [5.41, 5.74) is 4.27. The highest BCUT2D eigenvalue weighted by atomic mass is 15.2. The first-order valence-electron chi connectivity index (χ1n) is 6.64. The molecule has 1 aliphatic heterocycles. The number of rotatable bonds is 4. The van der Waals surface area contributed by atoms with Gasteiger partial charge in [0.15, 0.2) is 0 Å². The first kappa shape index (κ1) is 12.6. The summed E-state index contributed by atoms with van der Waals surface area (Å²) in [6.45, 7) is 7.78. The highest BCUT2D eigenvalue weighted by Crippen LogP contribution is 2.15. The Bertz CT molecular complexity index is 353. The van der Waals surface area contributed by atoms with Crippen LogP contribution in [0, 0.1) is 13.8 Å². The van der Waals surface area contributed by atoms with Gasteiger partial charge in [0.2, 0.25) is 0 Å². The van der Waals surface area contributed by atoms with Crippen molar-refractivity contribution in [2.45, 2.75) is 39.3 Å². The maximum absolute atomic E-state index is 3.61. The number of aryl methyl sites for hydroxylation is 2. The zero-order valence-corrected chi connectivity index (χ0v) is 11.3. The maximum atomic E-state index is 3.61. The van der Waals surface area contributed by atoms with E-state index in [-0.39, 0.29) is 0 Å². The average molecular weight is 232 g/mol. The van der Waals surface area contributed by atoms with Gasteiger partial charge in [-0.3, -0.25) is 0 Å². The molecule has 0 bridgehead atoms. The number of hydrogen-bond acceptors (Lipinski definition) is 2. The van der Waals surface area contributed by atoms with Crippen LogP contribution < -0.4 is 5.32 Å². The van der Waals surface area contributed by atoms with E-state index in [2.05, 4.69) is 49.3 Å². The average Bonchev–Trinajstić information content (AvgIpc) is 2.69. The molecule has 1 atom stereocenters. The van der Waals surface area contributed by atoms with Gasteiger partial charge in [-0.15, -0.1) is 0 Å². The summed E-state index contributed by atoms with van der Waals surface area (Å²) < 4.78 is 0. The molecule has 94 valence electrons. The number of nitrogens with one attached hydrogen (secondary N) is 1. The van der Waals surface area contributed by atoms with Gasteiger partial charge >= 0.3 is 0 Å². The molecule has 1 fully saturated rings. The molecule has 0 radical (unpaired) electrons. The summed E-state index contributed by atoms with van der Waals surface area (Å²) in [7, 11) is 2.23. The van der Waals surface area contributed by atoms with Gasteiger partial charge in [0, 0.05) is 19.1 Å². The molecule has 2 rings (SSSR count). The van der Waals surface area contributed by atoms with Gasteiger partial charge in [-0.25, -0.2) is 0 Å². The molecular formula is C15H24N2. The molecule has 0 spiro atoms. The zero-order chi connectivity index (χ0) is 12.3. The Morgan fingerprint density at radius 2 is 2.00 bits per heavy atom. The standard InChI is InChI=1S/C15H24N2/c1-12-6-4-7-13(2)15(12)11-16-10-14-8-5-9-17(14)3/h4,6-7,14,16H,5,8-11H2,1-3H3. The van der Waals surface area contributed by atoms with Crippen LogP contribution in [0.15, 0.2) is 18.2 Å². The van der Waals surface area contributed by atoms with Gasteiger partial charge in [-0.1, -0.05) is 18.2 Å². The van der Waals surface area contributed by atoms with Crippen LogP contribution in [0.25, 0.3) is 0 Å². The second kappa shape index (κ2) is 5.65. The van der Waals surface area contributed by atoms with Crippen LogP contribution in [-0.2, 0) is 6.54 Å². The first-order chi connectivity index (χ1) is 8.18. The topological polar surface area (TPSA) is 15.3 Å². The summed E-state index contributed by atoms with van der Waals surface area (Å²) >= 11 is 0. The monoisotopic (exact) mass is 232 g/mol. The van der Waals surface area contributed by atoms with E-state index in [0.717, 1.165) is 19.1 Å². The highest BCUT2D eigenvalue weighted by Gasteiger charge is 2.19. The molecule has 1 saturated heterocycles. The lowest BCUT2D eigenvalue weighted by molar-refractivity contribution is 0.300. The number of hydrogen-bond donors (Lipinski definition) is 1. The maximum Gasteiger partial charge on any atom is 0.0218 e. The van der Waals surface area contributed by atoms with E-state index in [0.29, 0.717) is 0 Å². The van der Waals surface area contributed by atoms with Gasteiger partial charge in [-0.2, -0.15) is 0 Å². The van der Waals surface area contributed by atoms with Crippen LogP contribution >= 0.6 is 0 Å². The van der Waals surface area contributed by atoms with E-state index < -0.39 is 0 Å². The molecule has 1 unspecified atom stereocenters. The van der Waals surface area contributed by atoms with Crippen molar-refractivity contribution >= 4 is 0 Å². The van der Waals surface area contributed by atoms with E-state index in [9.17, 15) is 0 Å². The summed E-state index contributed by atoms with van der Waals surface area (Å²) in [5, 5.41) is 3.61. The predicted molar refractivity (Wildman–Crippen MR) is 73.3 cm³/mol. The number of nitrogens with zero attached hydrogens (tertiary/aromatic N) is 1. The van der Waals surface area contributed by atoms with Crippen LogP contribution in [-0.4, -0.2) is 31.1 Å². The van der Waals surface area contributed by atoms with Crippen LogP contribution in [0.2, 0.25) is 0 Å². The van der Waals surface area contributed by atoms with E-state index in [1.165, 1.54) is 36.1 Å². The molecule has 2 nitrogen and oxygen atoms in total. The van der Waals surface area contributed by atoms with Crippen molar-refractivity contribution in [3.63, 3.8) is 0 Å². The van der Waals surface area contributed by atoms with Crippen LogP contribution in [0.1, 0.15) is 29.5 Å². The molecule has 1 N–H and O–H groups in total. The van der Waals surface area contributed by atoms with Crippen molar-refractivity contribution in [3.8, 4) is 0 Å². The van der Waals surface area contributed by atoms with Crippen molar-refractivity contribution in [1.29, 1.82) is 0 Å². The van der Waals surface area contributed by atoms with Crippen LogP contribution in [0.5, 0.6) is 0 Å². The number of likely N-dealkylation sites (N-methyl/N-ethyl adjacent to an activating group) is 1. The second-order valence-corrected chi connectivity index (χ2v) is 5.28. The molecule has 1 heterocycles. The van der Waals surface area contributed by atoms with E-state index in [1.807, 2.05) is 0 Å². The lowest BCUT2D eigenvalue weighted by Gasteiger charge is -2.20. The third-order valence-electron chi connectivity index (χ3n) is 4.00. The van der Waals surface area contributed by atoms with Crippen molar-refractivity contribution in [3.05, 3.63) is 34.9 Å². The minimum Gasteiger partial charge on any atom is -0.311 e. The second-order valence-electron chi connectivity index (χ2n) is 5.28. The Morgan fingerprint density at radius 3 is 2.59 bits per heavy atom. The SMILES string of the molecule is Cc1cccc(C)c1CNCC1CCCN1C. The minimum absolute atomic E-state index is 0.735. The molecule has 0 aliphatic carbocycles. The summed E-state index contributed by atoms with van der Waals surface area (Å²) in [4.78, 5) is 2.47. The molecule has 0 aromatic heterocycles. The van der Waals surface area contributed by atoms with Crippen LogP contribution in [0.4, 0.5) is 0 Å². The van der Waals surface area contributed by atoms with Crippen molar-refractivity contribution < 1.29 is 0 Å². The van der Waals surface area contributed by atoms with E-state index >= 15 is 0 Å². The smallest absolute Gasteiger partial charge is 0.0218 e. The summed E-state index contributed by atoms with van der Waals surface area (Å²) in [5.74, 6) is 0. The Morgan fingerprint density at radius 1 is 1.29 bits per heavy atom. The molecule has 2 heteroatoms. The van der Waals surface area contributed by atoms with E-state index in [4.69, 9.17) is 0 Å². The third-order valence-corrected chi connectivity index (χ3v) is 4.00. The highest BCUT2D eigenvalue weighted by molar-refractivity contribution is 5.33. The summed E-state index contributed by atoms with van der Waals surface area (Å²) in [6, 6.07) is 7.27. The quantitative estimate of drug-likeness (QED) is 0.858. The summed E-state index contributed by atoms with van der Waals surface area (Å²) in [6.07, 6.45) is 2.70. The molecule has 0 amide bonds. The lowest BCUT2D eigenvalue weighted by atomic mass is 10.0. The van der Waals surface area contributed by atoms with Gasteiger partial charge in [0.25, 0.3) is 0 Å². The molecular weight excluding hydrogens is 208 g/mol.